The summed E-state index contributed by atoms with van der Waals surface area (Å²) < 4.78 is 25.4. The molecule has 0 spiro atoms. The molecule has 0 aliphatic carbocycles. The first-order valence-electron chi connectivity index (χ1n) is 9.52. The van der Waals surface area contributed by atoms with Crippen molar-refractivity contribution < 1.29 is 28.2 Å². The molecule has 0 amide bonds. The van der Waals surface area contributed by atoms with E-state index >= 15 is 0 Å². The first-order valence-corrected chi connectivity index (χ1v) is 9.90. The van der Waals surface area contributed by atoms with Gasteiger partial charge >= 0.3 is 5.97 Å². The van der Waals surface area contributed by atoms with Crippen molar-refractivity contribution in [2.45, 2.75) is 6.92 Å². The molecule has 0 unspecified atom stereocenters. The molecule has 0 aliphatic heterocycles. The number of aryl methyl sites for hydroxylation is 1. The number of rotatable bonds is 5. The maximum Gasteiger partial charge on any atom is 0.337 e. The molecule has 2 heterocycles. The smallest absolute Gasteiger partial charge is 0.337 e. The van der Waals surface area contributed by atoms with E-state index in [0.29, 0.717) is 5.56 Å². The summed E-state index contributed by atoms with van der Waals surface area (Å²) in [6.45, 7) is 1.94. The summed E-state index contributed by atoms with van der Waals surface area (Å²) in [5, 5.41) is 4.54. The van der Waals surface area contributed by atoms with Gasteiger partial charge in [0.1, 0.15) is 22.5 Å². The summed E-state index contributed by atoms with van der Waals surface area (Å²) in [5.74, 6) is -1.98. The van der Waals surface area contributed by atoms with E-state index < -0.39 is 17.7 Å². The Hall–Kier alpha value is -4.11. The quantitative estimate of drug-likeness (QED) is 0.320. The molecule has 0 fully saturated rings. The van der Waals surface area contributed by atoms with E-state index in [4.69, 9.17) is 16.3 Å². The van der Waals surface area contributed by atoms with Gasteiger partial charge in [0.05, 0.1) is 29.5 Å². The van der Waals surface area contributed by atoms with Crippen molar-refractivity contribution in [3.63, 3.8) is 0 Å². The van der Waals surface area contributed by atoms with Crippen LogP contribution >= 0.6 is 11.6 Å². The van der Waals surface area contributed by atoms with Crippen LogP contribution in [0.15, 0.2) is 48.7 Å². The number of pyridine rings is 1. The number of carbonyl (C=O) groups excluding carboxylic acids is 3. The number of halogens is 2. The SMILES string of the molecule is COC(=O)c1ccc(-c2nn(C(=O)c3c(C)cccc3Cl)c3cc(OC=O)cnc23)c(F)c1. The fourth-order valence-corrected chi connectivity index (χ4v) is 3.70. The third-order valence-corrected chi connectivity index (χ3v) is 5.27. The first kappa shape index (κ1) is 22.1. The number of fused-ring (bicyclic) bond motifs is 1. The van der Waals surface area contributed by atoms with E-state index in [0.717, 1.165) is 10.7 Å². The molecule has 2 aromatic carbocycles. The predicted molar refractivity (Wildman–Crippen MR) is 117 cm³/mol. The molecule has 166 valence electrons. The Balaban J connectivity index is 1.95. The summed E-state index contributed by atoms with van der Waals surface area (Å²) in [5.41, 5.74) is 1.24. The number of aromatic nitrogens is 3. The van der Waals surface area contributed by atoms with Gasteiger partial charge in [0.15, 0.2) is 5.75 Å². The number of esters is 1. The largest absolute Gasteiger partial charge is 0.465 e. The lowest BCUT2D eigenvalue weighted by molar-refractivity contribution is -0.120. The molecule has 0 bridgehead atoms. The Kier molecular flexibility index (Phi) is 5.89. The van der Waals surface area contributed by atoms with Crippen LogP contribution in [0, 0.1) is 12.7 Å². The summed E-state index contributed by atoms with van der Waals surface area (Å²) in [4.78, 5) is 40.1. The summed E-state index contributed by atoms with van der Waals surface area (Å²) in [6.07, 6.45) is 1.25. The third-order valence-electron chi connectivity index (χ3n) is 4.95. The molecule has 0 aliphatic rings. The standard InChI is InChI=1S/C23H15ClFN3O5/c1-12-4-3-5-16(24)19(12)22(30)28-18-9-14(33-11-29)10-26-21(18)20(27-28)15-7-6-13(8-17(15)25)23(31)32-2/h3-11H,1-2H3. The highest BCUT2D eigenvalue weighted by molar-refractivity contribution is 6.34. The Morgan fingerprint density at radius 2 is 1.97 bits per heavy atom. The molecule has 0 saturated heterocycles. The molecule has 0 N–H and O–H groups in total. The van der Waals surface area contributed by atoms with Crippen molar-refractivity contribution in [3.8, 4) is 17.0 Å². The molecule has 0 atom stereocenters. The predicted octanol–water partition coefficient (Wildman–Crippen LogP) is 4.21. The number of benzene rings is 2. The number of ether oxygens (including phenoxy) is 2. The first-order chi connectivity index (χ1) is 15.8. The number of hydrogen-bond acceptors (Lipinski definition) is 7. The second kappa shape index (κ2) is 8.79. The Bertz CT molecular complexity index is 1410. The summed E-state index contributed by atoms with van der Waals surface area (Å²) in [6, 6.07) is 10.1. The molecule has 0 radical (unpaired) electrons. The van der Waals surface area contributed by atoms with Crippen LogP contribution in [0.2, 0.25) is 5.02 Å². The van der Waals surface area contributed by atoms with Gasteiger partial charge in [-0.05, 0) is 36.8 Å². The van der Waals surface area contributed by atoms with E-state index in [-0.39, 0.29) is 50.7 Å². The topological polar surface area (TPSA) is 100 Å². The minimum Gasteiger partial charge on any atom is -0.465 e. The molecular formula is C23H15ClFN3O5. The average Bonchev–Trinajstić information content (AvgIpc) is 3.17. The van der Waals surface area contributed by atoms with E-state index in [9.17, 15) is 18.8 Å². The molecule has 8 nitrogen and oxygen atoms in total. The van der Waals surface area contributed by atoms with Gasteiger partial charge in [0, 0.05) is 11.6 Å². The van der Waals surface area contributed by atoms with Crippen LogP contribution in [0.25, 0.3) is 22.3 Å². The molecule has 2 aromatic heterocycles. The van der Waals surface area contributed by atoms with E-state index in [2.05, 4.69) is 14.8 Å². The van der Waals surface area contributed by atoms with E-state index in [1.165, 1.54) is 31.5 Å². The zero-order chi connectivity index (χ0) is 23.7. The summed E-state index contributed by atoms with van der Waals surface area (Å²) in [7, 11) is 1.19. The van der Waals surface area contributed by atoms with Crippen LogP contribution in [-0.4, -0.2) is 40.2 Å². The lowest BCUT2D eigenvalue weighted by Crippen LogP contribution is -2.15. The van der Waals surface area contributed by atoms with Gasteiger partial charge in [-0.15, -0.1) is 0 Å². The Morgan fingerprint density at radius 3 is 2.64 bits per heavy atom. The highest BCUT2D eigenvalue weighted by atomic mass is 35.5. The average molecular weight is 468 g/mol. The van der Waals surface area contributed by atoms with Gasteiger partial charge in [-0.25, -0.2) is 14.2 Å². The number of hydrogen-bond donors (Lipinski definition) is 0. The van der Waals surface area contributed by atoms with Crippen molar-refractivity contribution in [2.75, 3.05) is 7.11 Å². The molecule has 33 heavy (non-hydrogen) atoms. The van der Waals surface area contributed by atoms with Crippen molar-refractivity contribution in [1.82, 2.24) is 14.8 Å². The molecule has 4 rings (SSSR count). The summed E-state index contributed by atoms with van der Waals surface area (Å²) >= 11 is 6.26. The van der Waals surface area contributed by atoms with Gasteiger partial charge in [-0.1, -0.05) is 23.7 Å². The lowest BCUT2D eigenvalue weighted by atomic mass is 10.1. The van der Waals surface area contributed by atoms with Crippen molar-refractivity contribution in [2.24, 2.45) is 0 Å². The number of methoxy groups -OCH3 is 1. The van der Waals surface area contributed by atoms with E-state index in [1.54, 1.807) is 25.1 Å². The number of nitrogens with zero attached hydrogens (tertiary/aromatic N) is 3. The minimum atomic E-state index is -0.763. The number of carbonyl (C=O) groups is 3. The normalized spacial score (nSPS) is 10.8. The highest BCUT2D eigenvalue weighted by Gasteiger charge is 2.24. The van der Waals surface area contributed by atoms with Crippen LogP contribution in [0.3, 0.4) is 0 Å². The Morgan fingerprint density at radius 1 is 1.18 bits per heavy atom. The molecular weight excluding hydrogens is 453 g/mol. The van der Waals surface area contributed by atoms with Crippen LogP contribution < -0.4 is 4.74 Å². The highest BCUT2D eigenvalue weighted by Crippen LogP contribution is 2.32. The zero-order valence-corrected chi connectivity index (χ0v) is 18.1. The zero-order valence-electron chi connectivity index (χ0n) is 17.3. The molecule has 4 aromatic rings. The van der Waals surface area contributed by atoms with Gasteiger partial charge in [-0.2, -0.15) is 9.78 Å². The van der Waals surface area contributed by atoms with Crippen molar-refractivity contribution in [1.29, 1.82) is 0 Å². The fraction of sp³-hybridized carbons (Fsp3) is 0.0870. The van der Waals surface area contributed by atoms with Crippen molar-refractivity contribution in [3.05, 3.63) is 76.2 Å². The van der Waals surface area contributed by atoms with Crippen LogP contribution in [0.1, 0.15) is 26.3 Å². The van der Waals surface area contributed by atoms with Crippen LogP contribution in [-0.2, 0) is 9.53 Å². The third kappa shape index (κ3) is 3.94. The maximum absolute atomic E-state index is 15.0. The second-order valence-corrected chi connectivity index (χ2v) is 7.34. The van der Waals surface area contributed by atoms with E-state index in [1.807, 2.05) is 0 Å². The van der Waals surface area contributed by atoms with Crippen LogP contribution in [0.4, 0.5) is 4.39 Å². The van der Waals surface area contributed by atoms with Crippen LogP contribution in [0.5, 0.6) is 5.75 Å². The molecule has 10 heteroatoms. The van der Waals surface area contributed by atoms with Gasteiger partial charge in [-0.3, -0.25) is 9.59 Å². The van der Waals surface area contributed by atoms with Gasteiger partial charge in [0.25, 0.3) is 12.4 Å². The second-order valence-electron chi connectivity index (χ2n) is 6.94. The lowest BCUT2D eigenvalue weighted by Gasteiger charge is -2.08. The minimum absolute atomic E-state index is 0.00615. The Labute approximate surface area is 191 Å². The molecule has 0 saturated carbocycles. The van der Waals surface area contributed by atoms with Gasteiger partial charge in [0.2, 0.25) is 0 Å². The van der Waals surface area contributed by atoms with Crippen molar-refractivity contribution >= 4 is 41.0 Å². The maximum atomic E-state index is 15.0. The fourth-order valence-electron chi connectivity index (χ4n) is 3.40. The monoisotopic (exact) mass is 467 g/mol. The van der Waals surface area contributed by atoms with Gasteiger partial charge < -0.3 is 9.47 Å².